The Bertz CT molecular complexity index is 465. The SMILES string of the molecule is CC[C@H]([C@H](C)CCCC(C)C)[C@@]1(C)CC[C@H]2[C@@H](CC[C@H]3CCCC[C@@]32C)C1. The molecule has 3 rings (SSSR count). The molecule has 158 valence electrons. The van der Waals surface area contributed by atoms with E-state index in [2.05, 4.69) is 41.5 Å². The lowest BCUT2D eigenvalue weighted by Crippen LogP contribution is -2.50. The van der Waals surface area contributed by atoms with E-state index >= 15 is 0 Å². The van der Waals surface area contributed by atoms with Gasteiger partial charge in [-0.05, 0) is 91.3 Å². The molecule has 0 bridgehead atoms. The third-order valence-electron chi connectivity index (χ3n) is 9.97. The molecular weight excluding hydrogens is 324 g/mol. The van der Waals surface area contributed by atoms with Crippen molar-refractivity contribution in [1.29, 1.82) is 0 Å². The van der Waals surface area contributed by atoms with Crippen LogP contribution in [-0.4, -0.2) is 0 Å². The van der Waals surface area contributed by atoms with Crippen molar-refractivity contribution in [2.24, 2.45) is 46.3 Å². The molecule has 0 heteroatoms. The second kappa shape index (κ2) is 8.79. The van der Waals surface area contributed by atoms with Gasteiger partial charge in [-0.1, -0.05) is 80.1 Å². The first kappa shape index (κ1) is 21.7. The molecule has 3 aliphatic rings. The normalized spacial score (nSPS) is 41.7. The number of hydrogen-bond donors (Lipinski definition) is 0. The van der Waals surface area contributed by atoms with Crippen molar-refractivity contribution in [2.45, 2.75) is 125 Å². The van der Waals surface area contributed by atoms with Crippen molar-refractivity contribution in [3.05, 3.63) is 0 Å². The topological polar surface area (TPSA) is 0 Å². The van der Waals surface area contributed by atoms with E-state index in [1.807, 2.05) is 0 Å². The van der Waals surface area contributed by atoms with Crippen LogP contribution < -0.4 is 0 Å². The molecule has 3 fully saturated rings. The Morgan fingerprint density at radius 1 is 0.889 bits per heavy atom. The molecule has 0 nitrogen and oxygen atoms in total. The van der Waals surface area contributed by atoms with Crippen molar-refractivity contribution in [1.82, 2.24) is 0 Å². The minimum absolute atomic E-state index is 0.616. The average molecular weight is 375 g/mol. The van der Waals surface area contributed by atoms with Crippen molar-refractivity contribution in [2.75, 3.05) is 0 Å². The van der Waals surface area contributed by atoms with Crippen molar-refractivity contribution < 1.29 is 0 Å². The van der Waals surface area contributed by atoms with Crippen molar-refractivity contribution in [3.63, 3.8) is 0 Å². The molecule has 0 N–H and O–H groups in total. The molecule has 0 aromatic rings. The molecule has 3 aliphatic carbocycles. The Balaban J connectivity index is 1.65. The monoisotopic (exact) mass is 374 g/mol. The lowest BCUT2D eigenvalue weighted by Gasteiger charge is -2.59. The van der Waals surface area contributed by atoms with Crippen LogP contribution in [0.2, 0.25) is 0 Å². The maximum atomic E-state index is 2.71. The molecule has 27 heavy (non-hydrogen) atoms. The summed E-state index contributed by atoms with van der Waals surface area (Å²) >= 11 is 0. The highest BCUT2D eigenvalue weighted by molar-refractivity contribution is 5.03. The predicted molar refractivity (Wildman–Crippen MR) is 120 cm³/mol. The van der Waals surface area contributed by atoms with Gasteiger partial charge in [-0.2, -0.15) is 0 Å². The average Bonchev–Trinajstić information content (AvgIpc) is 2.61. The van der Waals surface area contributed by atoms with Gasteiger partial charge < -0.3 is 0 Å². The number of rotatable bonds is 7. The van der Waals surface area contributed by atoms with E-state index in [9.17, 15) is 0 Å². The Labute approximate surface area is 171 Å². The van der Waals surface area contributed by atoms with Crippen LogP contribution in [0, 0.1) is 46.3 Å². The first-order valence-electron chi connectivity index (χ1n) is 12.8. The molecule has 7 atom stereocenters. The molecule has 0 aromatic carbocycles. The zero-order valence-corrected chi connectivity index (χ0v) is 19.7. The summed E-state index contributed by atoms with van der Waals surface area (Å²) in [6.45, 7) is 15.2. The van der Waals surface area contributed by atoms with E-state index < -0.39 is 0 Å². The zero-order valence-electron chi connectivity index (χ0n) is 19.7. The van der Waals surface area contributed by atoms with E-state index in [4.69, 9.17) is 0 Å². The first-order chi connectivity index (χ1) is 12.8. The van der Waals surface area contributed by atoms with Gasteiger partial charge in [0.1, 0.15) is 0 Å². The van der Waals surface area contributed by atoms with Crippen LogP contribution in [-0.2, 0) is 0 Å². The van der Waals surface area contributed by atoms with Crippen LogP contribution in [0.3, 0.4) is 0 Å². The van der Waals surface area contributed by atoms with Crippen LogP contribution >= 0.6 is 0 Å². The molecule has 0 aliphatic heterocycles. The van der Waals surface area contributed by atoms with Gasteiger partial charge in [-0.25, -0.2) is 0 Å². The molecule has 0 spiro atoms. The summed E-state index contributed by atoms with van der Waals surface area (Å²) in [6, 6.07) is 0. The summed E-state index contributed by atoms with van der Waals surface area (Å²) in [5, 5.41) is 0. The molecular formula is C27H50. The lowest BCUT2D eigenvalue weighted by molar-refractivity contribution is -0.0948. The Hall–Kier alpha value is 0. The van der Waals surface area contributed by atoms with Crippen molar-refractivity contribution in [3.8, 4) is 0 Å². The molecule has 0 radical (unpaired) electrons. The van der Waals surface area contributed by atoms with Crippen LogP contribution in [0.1, 0.15) is 125 Å². The van der Waals surface area contributed by atoms with Gasteiger partial charge in [0, 0.05) is 0 Å². The molecule has 3 saturated carbocycles. The van der Waals surface area contributed by atoms with Gasteiger partial charge in [-0.3, -0.25) is 0 Å². The predicted octanol–water partition coefficient (Wildman–Crippen LogP) is 8.89. The zero-order chi connectivity index (χ0) is 19.7. The fraction of sp³-hybridized carbons (Fsp3) is 1.00. The van der Waals surface area contributed by atoms with Crippen LogP contribution in [0.15, 0.2) is 0 Å². The highest BCUT2D eigenvalue weighted by atomic mass is 14.6. The van der Waals surface area contributed by atoms with Gasteiger partial charge in [0.2, 0.25) is 0 Å². The van der Waals surface area contributed by atoms with Crippen LogP contribution in [0.4, 0.5) is 0 Å². The number of fused-ring (bicyclic) bond motifs is 3. The van der Waals surface area contributed by atoms with E-state index in [0.717, 1.165) is 35.5 Å². The maximum Gasteiger partial charge on any atom is -0.0267 e. The van der Waals surface area contributed by atoms with Gasteiger partial charge in [0.25, 0.3) is 0 Å². The first-order valence-corrected chi connectivity index (χ1v) is 12.8. The van der Waals surface area contributed by atoms with Crippen LogP contribution in [0.25, 0.3) is 0 Å². The largest absolute Gasteiger partial charge is 0.0651 e. The Morgan fingerprint density at radius 2 is 1.67 bits per heavy atom. The Morgan fingerprint density at radius 3 is 2.37 bits per heavy atom. The van der Waals surface area contributed by atoms with Crippen molar-refractivity contribution >= 4 is 0 Å². The molecule has 0 saturated heterocycles. The minimum atomic E-state index is 0.616. The smallest absolute Gasteiger partial charge is 0.0267 e. The van der Waals surface area contributed by atoms with E-state index in [1.165, 1.54) is 44.9 Å². The molecule has 0 aromatic heterocycles. The molecule has 0 heterocycles. The van der Waals surface area contributed by atoms with E-state index in [1.54, 1.807) is 38.5 Å². The highest BCUT2D eigenvalue weighted by Gasteiger charge is 2.53. The lowest BCUT2D eigenvalue weighted by atomic mass is 9.46. The van der Waals surface area contributed by atoms with Gasteiger partial charge >= 0.3 is 0 Å². The fourth-order valence-electron chi connectivity index (χ4n) is 8.51. The quantitative estimate of drug-likeness (QED) is 0.417. The van der Waals surface area contributed by atoms with Crippen LogP contribution in [0.5, 0.6) is 0 Å². The van der Waals surface area contributed by atoms with E-state index in [-0.39, 0.29) is 0 Å². The summed E-state index contributed by atoms with van der Waals surface area (Å²) in [7, 11) is 0. The molecule has 0 unspecified atom stereocenters. The summed E-state index contributed by atoms with van der Waals surface area (Å²) in [5.74, 6) is 5.89. The third-order valence-corrected chi connectivity index (χ3v) is 9.97. The fourth-order valence-corrected chi connectivity index (χ4v) is 8.51. The second-order valence-electron chi connectivity index (χ2n) is 12.1. The molecule has 0 amide bonds. The van der Waals surface area contributed by atoms with Gasteiger partial charge in [-0.15, -0.1) is 0 Å². The summed E-state index contributed by atoms with van der Waals surface area (Å²) in [6.07, 6.45) is 19.5. The maximum absolute atomic E-state index is 2.71. The Kier molecular flexibility index (Phi) is 7.06. The standard InChI is InChI=1S/C27H50/c1-7-24(21(4)12-10-11-20(2)3)26(5)18-16-25-22(19-26)14-15-23-13-8-9-17-27(23,25)6/h20-25H,7-19H2,1-6H3/t21-,22+,23-,24-,25+,26+,27+/m1/s1. The summed E-state index contributed by atoms with van der Waals surface area (Å²) in [4.78, 5) is 0. The highest BCUT2D eigenvalue weighted by Crippen LogP contribution is 2.63. The van der Waals surface area contributed by atoms with Gasteiger partial charge in [0.05, 0.1) is 0 Å². The van der Waals surface area contributed by atoms with Gasteiger partial charge in [0.15, 0.2) is 0 Å². The summed E-state index contributed by atoms with van der Waals surface area (Å²) in [5.41, 5.74) is 1.32. The van der Waals surface area contributed by atoms with E-state index in [0.29, 0.717) is 10.8 Å². The summed E-state index contributed by atoms with van der Waals surface area (Å²) < 4.78 is 0. The minimum Gasteiger partial charge on any atom is -0.0651 e. The third kappa shape index (κ3) is 4.45. The second-order valence-corrected chi connectivity index (χ2v) is 12.1. The number of hydrogen-bond acceptors (Lipinski definition) is 0.